The van der Waals surface area contributed by atoms with Gasteiger partial charge in [0.05, 0.1) is 108 Å². The van der Waals surface area contributed by atoms with Crippen LogP contribution in [0.3, 0.4) is 0 Å². The van der Waals surface area contributed by atoms with Crippen LogP contribution in [-0.2, 0) is 67.9 Å². The van der Waals surface area contributed by atoms with Gasteiger partial charge in [-0.2, -0.15) is 0 Å². The third-order valence-electron chi connectivity index (χ3n) is 22.6. The number of sulfonamides is 2. The number of carbonyl (C=O) groups excluding carboxylic acids is 8. The van der Waals surface area contributed by atoms with Crippen molar-refractivity contribution >= 4 is 112 Å². The van der Waals surface area contributed by atoms with Crippen LogP contribution in [0.15, 0.2) is 73.1 Å². The van der Waals surface area contributed by atoms with E-state index in [-0.39, 0.29) is 122 Å². The fraction of sp³-hybridized carbons (Fsp3) is 0.625. The number of allylic oxidation sites excluding steroid dienone is 4. The quantitative estimate of drug-likeness (QED) is 0.0777. The molecule has 0 bridgehead atoms. The number of Topliss-reactive ketones (excluding diaryl/α,β-unsaturated/α-hetero) is 2. The van der Waals surface area contributed by atoms with Gasteiger partial charge in [0, 0.05) is 47.2 Å². The summed E-state index contributed by atoms with van der Waals surface area (Å²) in [6.07, 6.45) is 16.1. The predicted octanol–water partition coefficient (Wildman–Crippen LogP) is 12.4. The van der Waals surface area contributed by atoms with E-state index in [0.717, 1.165) is 25.7 Å². The maximum Gasteiger partial charge on any atom is 0.307 e. The molecule has 0 spiro atoms. The van der Waals surface area contributed by atoms with Crippen molar-refractivity contribution in [3.8, 4) is 23.3 Å². The largest absolute Gasteiger partial charge is 0.494 e. The Balaban J connectivity index is 0.000000215. The highest BCUT2D eigenvalue weighted by Gasteiger charge is 2.63. The second-order valence-electron chi connectivity index (χ2n) is 33.5. The van der Waals surface area contributed by atoms with Gasteiger partial charge in [0.25, 0.3) is 0 Å². The van der Waals surface area contributed by atoms with Crippen molar-refractivity contribution in [2.75, 3.05) is 27.3 Å². The first-order valence-electron chi connectivity index (χ1n) is 38.0. The van der Waals surface area contributed by atoms with Crippen molar-refractivity contribution in [2.24, 2.45) is 58.2 Å². The van der Waals surface area contributed by atoms with Crippen LogP contribution in [0.5, 0.6) is 23.3 Å². The average molecular weight is 1570 g/mol. The molecule has 14 atom stereocenters. The number of pyridine rings is 2. The first-order chi connectivity index (χ1) is 50.8. The van der Waals surface area contributed by atoms with Gasteiger partial charge in [-0.3, -0.25) is 47.8 Å². The van der Waals surface area contributed by atoms with E-state index in [0.29, 0.717) is 94.5 Å². The number of rotatable bonds is 16. The molecule has 12 rings (SSSR count). The van der Waals surface area contributed by atoms with Crippen molar-refractivity contribution in [1.82, 2.24) is 29.2 Å². The third kappa shape index (κ3) is 18.9. The number of halogens is 2. The van der Waals surface area contributed by atoms with E-state index in [1.54, 1.807) is 77.9 Å². The Morgan fingerprint density at radius 1 is 0.546 bits per heavy atom. The van der Waals surface area contributed by atoms with Crippen LogP contribution in [-0.4, -0.2) is 157 Å². The highest BCUT2D eigenvalue weighted by molar-refractivity contribution is 7.91. The molecule has 2 aromatic heterocycles. The zero-order valence-electron chi connectivity index (χ0n) is 63.9. The molecule has 108 heavy (non-hydrogen) atoms. The normalized spacial score (nSPS) is 30.0. The van der Waals surface area contributed by atoms with Crippen molar-refractivity contribution in [3.63, 3.8) is 0 Å². The van der Waals surface area contributed by atoms with Gasteiger partial charge in [0.15, 0.2) is 11.6 Å². The van der Waals surface area contributed by atoms with E-state index in [1.165, 1.54) is 36.4 Å². The summed E-state index contributed by atoms with van der Waals surface area (Å²) in [5, 5.41) is 2.06. The molecule has 24 nitrogen and oxygen atoms in total. The van der Waals surface area contributed by atoms with E-state index in [9.17, 15) is 55.2 Å². The number of hydrogen-bond donors (Lipinski definition) is 2. The third-order valence-corrected chi connectivity index (χ3v) is 26.8. The van der Waals surface area contributed by atoms with Crippen LogP contribution in [0.4, 0.5) is 0 Å². The summed E-state index contributed by atoms with van der Waals surface area (Å²) >= 11 is 13.1. The number of ketones is 2. The summed E-state index contributed by atoms with van der Waals surface area (Å²) in [6.45, 7) is 18.7. The predicted molar refractivity (Wildman–Crippen MR) is 407 cm³/mol. The number of methoxy groups -OCH3 is 2. The summed E-state index contributed by atoms with van der Waals surface area (Å²) in [5.41, 5.74) is -4.04. The highest BCUT2D eigenvalue weighted by Crippen LogP contribution is 2.59. The first kappa shape index (κ1) is 81.6. The minimum atomic E-state index is -3.86. The van der Waals surface area contributed by atoms with E-state index < -0.39 is 112 Å². The number of nitrogens with one attached hydrogen (secondary N) is 2. The molecule has 0 unspecified atom stereocenters. The minimum absolute atomic E-state index is 0.0260. The van der Waals surface area contributed by atoms with Gasteiger partial charge >= 0.3 is 11.9 Å². The van der Waals surface area contributed by atoms with E-state index in [4.69, 9.17) is 51.6 Å². The van der Waals surface area contributed by atoms with Gasteiger partial charge in [-0.25, -0.2) is 26.8 Å². The Morgan fingerprint density at radius 2 is 0.917 bits per heavy atom. The fourth-order valence-electron chi connectivity index (χ4n) is 16.0. The Kier molecular flexibility index (Phi) is 24.5. The lowest BCUT2D eigenvalue weighted by Gasteiger charge is -2.32. The molecule has 4 aliphatic heterocycles. The zero-order chi connectivity index (χ0) is 78.3. The van der Waals surface area contributed by atoms with Gasteiger partial charge < -0.3 is 38.2 Å². The van der Waals surface area contributed by atoms with Crippen LogP contribution in [0.25, 0.3) is 21.5 Å². The molecule has 2 aromatic carbocycles. The van der Waals surface area contributed by atoms with Crippen molar-refractivity contribution in [2.45, 2.75) is 231 Å². The summed E-state index contributed by atoms with van der Waals surface area (Å²) in [5.74, 6) is -4.77. The van der Waals surface area contributed by atoms with Gasteiger partial charge in [0.1, 0.15) is 34.9 Å². The van der Waals surface area contributed by atoms with Gasteiger partial charge in [-0.05, 0) is 166 Å². The van der Waals surface area contributed by atoms with Crippen molar-refractivity contribution in [1.29, 1.82) is 0 Å². The number of hydrogen-bond acceptors (Lipinski definition) is 20. The van der Waals surface area contributed by atoms with Gasteiger partial charge in [-0.15, -0.1) is 0 Å². The number of nitrogens with zero attached hydrogens (tertiary/aromatic N) is 4. The summed E-state index contributed by atoms with van der Waals surface area (Å²) in [6, 6.07) is 8.60. The van der Waals surface area contributed by atoms with Crippen molar-refractivity contribution < 1.29 is 83.6 Å². The van der Waals surface area contributed by atoms with Crippen LogP contribution >= 0.6 is 23.2 Å². The monoisotopic (exact) mass is 1570 g/mol. The summed E-state index contributed by atoms with van der Waals surface area (Å²) < 4.78 is 91.6. The molecule has 2 N–H and O–H groups in total. The number of esters is 2. The lowest BCUT2D eigenvalue weighted by atomic mass is 9.84. The average Bonchev–Trinajstić information content (AvgIpc) is 1.57. The molecule has 4 aliphatic carbocycles. The number of aromatic nitrogens is 2. The molecule has 6 fully saturated rings. The Bertz CT molecular complexity index is 4160. The van der Waals surface area contributed by atoms with Crippen LogP contribution in [0.2, 0.25) is 10.0 Å². The van der Waals surface area contributed by atoms with Crippen LogP contribution in [0, 0.1) is 58.2 Å². The summed E-state index contributed by atoms with van der Waals surface area (Å²) in [4.78, 5) is 125. The lowest BCUT2D eigenvalue weighted by molar-refractivity contribution is -0.160. The number of benzene rings is 2. The first-order valence-corrected chi connectivity index (χ1v) is 41.8. The number of ether oxygens (including phenoxy) is 6. The molecule has 2 saturated heterocycles. The second-order valence-corrected chi connectivity index (χ2v) is 38.2. The molecule has 6 heterocycles. The number of carbonyl (C=O) groups is 8. The van der Waals surface area contributed by atoms with Crippen molar-refractivity contribution in [3.05, 3.63) is 83.1 Å². The maximum atomic E-state index is 14.8. The molecule has 4 amide bonds. The molecule has 28 heteroatoms. The molecule has 4 saturated carbocycles. The number of fused-ring (bicyclic) bond motifs is 6. The van der Waals surface area contributed by atoms with Gasteiger partial charge in [0.2, 0.25) is 55.4 Å². The highest BCUT2D eigenvalue weighted by atomic mass is 35.5. The Morgan fingerprint density at radius 3 is 1.26 bits per heavy atom. The number of amides is 4. The topological polar surface area (TPSA) is 317 Å². The van der Waals surface area contributed by atoms with Gasteiger partial charge in [-0.1, -0.05) is 100 Å². The summed E-state index contributed by atoms with van der Waals surface area (Å²) in [7, 11) is -4.69. The lowest BCUT2D eigenvalue weighted by Crippen LogP contribution is -2.47. The maximum absolute atomic E-state index is 14.8. The van der Waals surface area contributed by atoms with E-state index >= 15 is 0 Å². The molecular formula is C80H104Cl2N6O18S2. The van der Waals surface area contributed by atoms with E-state index in [1.807, 2.05) is 38.2 Å². The van der Waals surface area contributed by atoms with Crippen LogP contribution < -0.4 is 28.4 Å². The molecule has 4 aromatic rings. The second kappa shape index (κ2) is 32.5. The smallest absolute Gasteiger partial charge is 0.307 e. The molecular weight excluding hydrogens is 1470 g/mol. The zero-order valence-corrected chi connectivity index (χ0v) is 67.0. The van der Waals surface area contributed by atoms with E-state index in [2.05, 4.69) is 33.3 Å². The molecule has 8 aliphatic rings. The SMILES string of the molecule is COc1cnc(O[C@@H]2C[C@H]3C(=O)C[C@]4(C(=O)NS(=O)(=O)C5CC5)C[C@H]4/C=C\[C@@H](C)CCC[C@@H](C)[C@H](CC(=O)OC(C)(C)C)C(=O)N3C2)c2cccc(Cl)c12.COc1cnc(O[C@@H]2C[C@H]3C(=O)C[C@]4(C(=O)NS(=O)(=O)C5CC5)C[C@H]4/C=C\[C@H](C)CCC[C@@H](C)[C@H](CC(=O)OC(C)(C)C)C(=O)N3C2)c2cccc(Cl)c12. The molecule has 588 valence electrons. The fourth-order valence-corrected chi connectivity index (χ4v) is 19.3. The minimum Gasteiger partial charge on any atom is -0.494 e. The van der Waals surface area contributed by atoms with Crippen LogP contribution in [0.1, 0.15) is 185 Å². The molecule has 0 radical (unpaired) electrons. The Hall–Kier alpha value is -7.42. The standard InChI is InChI=1S/2C40H52ClN3O9S/c2*1-23-9-7-10-24(2)29(18-34(46)53-39(3,4)5)37(47)44-22-26(52-36-28-11-8-12-30(41)35(28)33(51-6)21-42-36)17-31(44)32(45)20-40(19-25(40)14-13-23)38(48)43-54(49,50)27-15-16-27/h2*8,11-14,21,23-27,29,31H,7,9-10,15-20,22H2,1-6H3,(H,43,48)/b2*14-13-/t23-,24+,25+,26+,29-,31-,40+;23-,24-,25-,26-,29+,31+,40-/m01/s1. The Labute approximate surface area is 643 Å².